The Kier molecular flexibility index (Phi) is 6.25. The molecule has 0 saturated carbocycles. The number of hydrogen-bond acceptors (Lipinski definition) is 1. The monoisotopic (exact) mass is 180 g/mol. The van der Waals surface area contributed by atoms with Gasteiger partial charge in [0.05, 0.1) is 6.61 Å². The van der Waals surface area contributed by atoms with Gasteiger partial charge in [0, 0.05) is 5.41 Å². The summed E-state index contributed by atoms with van der Waals surface area (Å²) in [4.78, 5) is 0. The summed E-state index contributed by atoms with van der Waals surface area (Å²) >= 11 is 0. The van der Waals surface area contributed by atoms with Crippen LogP contribution in [-0.2, 0) is 0 Å². The predicted octanol–water partition coefficient (Wildman–Crippen LogP) is 3.08. The first-order chi connectivity index (χ1) is 6.24. The molecule has 0 aliphatic carbocycles. The van der Waals surface area contributed by atoms with Gasteiger partial charge in [-0.15, -0.1) is 19.7 Å². The Balaban J connectivity index is 4.19. The standard InChI is InChI=1S/C12H20O/c1-4-7-9-12(6-3,11-13)10-8-5-2/h4-6,13H,1-3,7-11H2. The van der Waals surface area contributed by atoms with Crippen molar-refractivity contribution in [3.63, 3.8) is 0 Å². The summed E-state index contributed by atoms with van der Waals surface area (Å²) in [7, 11) is 0. The van der Waals surface area contributed by atoms with Crippen LogP contribution in [0.2, 0.25) is 0 Å². The SMILES string of the molecule is C=CCCC(C=C)(CO)CCC=C. The molecule has 74 valence electrons. The summed E-state index contributed by atoms with van der Waals surface area (Å²) in [6.07, 6.45) is 9.30. The lowest BCUT2D eigenvalue weighted by Crippen LogP contribution is -2.22. The van der Waals surface area contributed by atoms with Crippen LogP contribution in [0.4, 0.5) is 0 Å². The molecule has 0 bridgehead atoms. The first-order valence-corrected chi connectivity index (χ1v) is 4.71. The maximum Gasteiger partial charge on any atom is 0.0522 e. The molecule has 0 radical (unpaired) electrons. The number of aliphatic hydroxyl groups excluding tert-OH is 1. The van der Waals surface area contributed by atoms with Gasteiger partial charge >= 0.3 is 0 Å². The average molecular weight is 180 g/mol. The van der Waals surface area contributed by atoms with Crippen molar-refractivity contribution >= 4 is 0 Å². The minimum absolute atomic E-state index is 0.137. The maximum atomic E-state index is 9.29. The van der Waals surface area contributed by atoms with E-state index < -0.39 is 0 Å². The van der Waals surface area contributed by atoms with Crippen LogP contribution in [0.5, 0.6) is 0 Å². The molecular formula is C12H20O. The summed E-state index contributed by atoms with van der Waals surface area (Å²) in [5.74, 6) is 0. The van der Waals surface area contributed by atoms with Gasteiger partial charge in [-0.3, -0.25) is 0 Å². The second-order valence-electron chi connectivity index (χ2n) is 3.38. The highest BCUT2D eigenvalue weighted by molar-refractivity contribution is 4.96. The zero-order valence-electron chi connectivity index (χ0n) is 8.34. The molecule has 0 aromatic carbocycles. The zero-order valence-corrected chi connectivity index (χ0v) is 8.34. The molecule has 0 saturated heterocycles. The number of hydrogen-bond donors (Lipinski definition) is 1. The van der Waals surface area contributed by atoms with E-state index in [1.54, 1.807) is 0 Å². The minimum Gasteiger partial charge on any atom is -0.395 e. The van der Waals surface area contributed by atoms with Gasteiger partial charge in [0.1, 0.15) is 0 Å². The molecule has 13 heavy (non-hydrogen) atoms. The van der Waals surface area contributed by atoms with Crippen molar-refractivity contribution in [3.05, 3.63) is 38.0 Å². The first kappa shape index (κ1) is 12.2. The first-order valence-electron chi connectivity index (χ1n) is 4.71. The summed E-state index contributed by atoms with van der Waals surface area (Å²) < 4.78 is 0. The van der Waals surface area contributed by atoms with Gasteiger partial charge in [0.15, 0.2) is 0 Å². The van der Waals surface area contributed by atoms with Crippen LogP contribution in [0.1, 0.15) is 25.7 Å². The van der Waals surface area contributed by atoms with Crippen molar-refractivity contribution in [1.29, 1.82) is 0 Å². The van der Waals surface area contributed by atoms with Crippen molar-refractivity contribution in [2.75, 3.05) is 6.61 Å². The van der Waals surface area contributed by atoms with Crippen LogP contribution >= 0.6 is 0 Å². The Labute approximate surface area is 81.5 Å². The van der Waals surface area contributed by atoms with Gasteiger partial charge in [0.25, 0.3) is 0 Å². The summed E-state index contributed by atoms with van der Waals surface area (Å²) in [5, 5.41) is 9.29. The Morgan fingerprint density at radius 3 is 1.69 bits per heavy atom. The third kappa shape index (κ3) is 4.09. The van der Waals surface area contributed by atoms with Crippen molar-refractivity contribution in [2.24, 2.45) is 5.41 Å². The molecule has 0 spiro atoms. The molecule has 1 nitrogen and oxygen atoms in total. The summed E-state index contributed by atoms with van der Waals surface area (Å²) in [6, 6.07) is 0. The maximum absolute atomic E-state index is 9.29. The fraction of sp³-hybridized carbons (Fsp3) is 0.500. The van der Waals surface area contributed by atoms with Crippen LogP contribution < -0.4 is 0 Å². The van der Waals surface area contributed by atoms with E-state index in [4.69, 9.17) is 0 Å². The fourth-order valence-corrected chi connectivity index (χ4v) is 1.33. The van der Waals surface area contributed by atoms with Crippen molar-refractivity contribution in [3.8, 4) is 0 Å². The predicted molar refractivity (Wildman–Crippen MR) is 58.6 cm³/mol. The topological polar surface area (TPSA) is 20.2 Å². The van der Waals surface area contributed by atoms with E-state index in [-0.39, 0.29) is 12.0 Å². The molecular weight excluding hydrogens is 160 g/mol. The molecule has 0 aliphatic heterocycles. The number of allylic oxidation sites excluding steroid dienone is 2. The van der Waals surface area contributed by atoms with Crippen molar-refractivity contribution in [1.82, 2.24) is 0 Å². The Morgan fingerprint density at radius 1 is 1.00 bits per heavy atom. The van der Waals surface area contributed by atoms with E-state index in [9.17, 15) is 5.11 Å². The molecule has 0 unspecified atom stereocenters. The Morgan fingerprint density at radius 2 is 1.46 bits per heavy atom. The summed E-state index contributed by atoms with van der Waals surface area (Å²) in [6.45, 7) is 11.3. The van der Waals surface area contributed by atoms with Gasteiger partial charge in [-0.05, 0) is 25.7 Å². The van der Waals surface area contributed by atoms with Crippen molar-refractivity contribution in [2.45, 2.75) is 25.7 Å². The lowest BCUT2D eigenvalue weighted by atomic mass is 9.80. The van der Waals surface area contributed by atoms with Crippen LogP contribution in [0, 0.1) is 5.41 Å². The normalized spacial score (nSPS) is 10.8. The van der Waals surface area contributed by atoms with Crippen LogP contribution in [0.25, 0.3) is 0 Å². The molecule has 0 rings (SSSR count). The quantitative estimate of drug-likeness (QED) is 0.569. The lowest BCUT2D eigenvalue weighted by Gasteiger charge is -2.27. The average Bonchev–Trinajstić information content (AvgIpc) is 2.20. The third-order valence-electron chi connectivity index (χ3n) is 2.44. The van der Waals surface area contributed by atoms with Gasteiger partial charge in [-0.25, -0.2) is 0 Å². The van der Waals surface area contributed by atoms with Gasteiger partial charge in [-0.1, -0.05) is 18.2 Å². The second kappa shape index (κ2) is 6.67. The Hall–Kier alpha value is -0.820. The zero-order chi connectivity index (χ0) is 10.2. The van der Waals surface area contributed by atoms with Crippen molar-refractivity contribution < 1.29 is 5.11 Å². The highest BCUT2D eigenvalue weighted by Gasteiger charge is 2.23. The van der Waals surface area contributed by atoms with E-state index >= 15 is 0 Å². The van der Waals surface area contributed by atoms with Crippen LogP contribution in [0.15, 0.2) is 38.0 Å². The third-order valence-corrected chi connectivity index (χ3v) is 2.44. The summed E-state index contributed by atoms with van der Waals surface area (Å²) in [5.41, 5.74) is -0.137. The molecule has 0 aromatic heterocycles. The van der Waals surface area contributed by atoms with Gasteiger partial charge in [0.2, 0.25) is 0 Å². The molecule has 0 aliphatic rings. The van der Waals surface area contributed by atoms with Gasteiger partial charge in [-0.2, -0.15) is 0 Å². The van der Waals surface area contributed by atoms with E-state index in [0.29, 0.717) is 0 Å². The molecule has 0 heterocycles. The van der Waals surface area contributed by atoms with E-state index in [1.807, 2.05) is 18.2 Å². The molecule has 1 N–H and O–H groups in total. The molecule has 0 fully saturated rings. The van der Waals surface area contributed by atoms with Gasteiger partial charge < -0.3 is 5.11 Å². The lowest BCUT2D eigenvalue weighted by molar-refractivity contribution is 0.152. The fourth-order valence-electron chi connectivity index (χ4n) is 1.33. The minimum atomic E-state index is -0.137. The highest BCUT2D eigenvalue weighted by Crippen LogP contribution is 2.30. The number of rotatable bonds is 8. The van der Waals surface area contributed by atoms with Crippen LogP contribution in [-0.4, -0.2) is 11.7 Å². The van der Waals surface area contributed by atoms with E-state index in [0.717, 1.165) is 25.7 Å². The highest BCUT2D eigenvalue weighted by atomic mass is 16.3. The smallest absolute Gasteiger partial charge is 0.0522 e. The van der Waals surface area contributed by atoms with Crippen LogP contribution in [0.3, 0.4) is 0 Å². The molecule has 0 atom stereocenters. The largest absolute Gasteiger partial charge is 0.395 e. The molecule has 0 aromatic rings. The molecule has 0 amide bonds. The molecule has 1 heteroatoms. The Bertz CT molecular complexity index is 158. The second-order valence-corrected chi connectivity index (χ2v) is 3.38. The number of aliphatic hydroxyl groups is 1. The van der Waals surface area contributed by atoms with E-state index in [2.05, 4.69) is 19.7 Å². The van der Waals surface area contributed by atoms with E-state index in [1.165, 1.54) is 0 Å².